The van der Waals surface area contributed by atoms with Crippen LogP contribution in [-0.2, 0) is 0 Å². The molecule has 0 bridgehead atoms. The van der Waals surface area contributed by atoms with Crippen LogP contribution in [0.3, 0.4) is 0 Å². The number of hydrogen-bond donors (Lipinski definition) is 1. The van der Waals surface area contributed by atoms with E-state index in [1.54, 1.807) is 18.3 Å². The number of pyridine rings is 1. The predicted molar refractivity (Wildman–Crippen MR) is 74.2 cm³/mol. The van der Waals surface area contributed by atoms with E-state index in [-0.39, 0.29) is 5.82 Å². The van der Waals surface area contributed by atoms with Crippen molar-refractivity contribution in [1.29, 1.82) is 0 Å². The van der Waals surface area contributed by atoms with Crippen LogP contribution in [-0.4, -0.2) is 10.7 Å². The highest BCUT2D eigenvalue weighted by molar-refractivity contribution is 9.10. The highest BCUT2D eigenvalue weighted by Crippen LogP contribution is 2.14. The molecular formula is C13H11BrFN3. The number of aromatic nitrogens is 1. The van der Waals surface area contributed by atoms with E-state index in [9.17, 15) is 4.39 Å². The van der Waals surface area contributed by atoms with E-state index in [1.165, 1.54) is 12.1 Å². The monoisotopic (exact) mass is 307 g/mol. The predicted octanol–water partition coefficient (Wildman–Crippen LogP) is 3.82. The topological polar surface area (TPSA) is 37.3 Å². The van der Waals surface area contributed by atoms with E-state index in [2.05, 4.69) is 31.4 Å². The van der Waals surface area contributed by atoms with Gasteiger partial charge in [-0.25, -0.2) is 4.39 Å². The summed E-state index contributed by atoms with van der Waals surface area (Å²) in [6, 6.07) is 9.75. The molecule has 1 heterocycles. The summed E-state index contributed by atoms with van der Waals surface area (Å²) in [5.74, 6) is -0.270. The molecular weight excluding hydrogens is 297 g/mol. The van der Waals surface area contributed by atoms with Crippen molar-refractivity contribution in [3.63, 3.8) is 0 Å². The molecule has 92 valence electrons. The molecule has 0 atom stereocenters. The first kappa shape index (κ1) is 12.7. The summed E-state index contributed by atoms with van der Waals surface area (Å²) < 4.78 is 13.6. The molecule has 5 heteroatoms. The van der Waals surface area contributed by atoms with E-state index in [4.69, 9.17) is 0 Å². The molecule has 0 aliphatic carbocycles. The maximum absolute atomic E-state index is 12.7. The Morgan fingerprint density at radius 3 is 2.67 bits per heavy atom. The highest BCUT2D eigenvalue weighted by Gasteiger charge is 2.03. The van der Waals surface area contributed by atoms with E-state index in [0.717, 1.165) is 21.6 Å². The molecule has 0 saturated heterocycles. The summed E-state index contributed by atoms with van der Waals surface area (Å²) in [6.07, 6.45) is 1.71. The Morgan fingerprint density at radius 1 is 1.28 bits per heavy atom. The van der Waals surface area contributed by atoms with Gasteiger partial charge >= 0.3 is 0 Å². The number of hydrazone groups is 1. The lowest BCUT2D eigenvalue weighted by Crippen LogP contribution is -2.03. The maximum Gasteiger partial charge on any atom is 0.123 e. The van der Waals surface area contributed by atoms with Gasteiger partial charge in [-0.3, -0.25) is 10.4 Å². The number of nitrogens with one attached hydrogen (secondary N) is 1. The van der Waals surface area contributed by atoms with Crippen LogP contribution in [0.2, 0.25) is 0 Å². The molecule has 0 unspecified atom stereocenters. The first-order chi connectivity index (χ1) is 8.66. The lowest BCUT2D eigenvalue weighted by molar-refractivity contribution is 0.628. The van der Waals surface area contributed by atoms with Crippen LogP contribution in [0.5, 0.6) is 0 Å². The summed E-state index contributed by atoms with van der Waals surface area (Å²) in [5, 5.41) is 4.21. The van der Waals surface area contributed by atoms with Crippen molar-refractivity contribution >= 4 is 27.3 Å². The molecule has 0 radical (unpaired) electrons. The minimum Gasteiger partial charge on any atom is -0.278 e. The fourth-order valence-corrected chi connectivity index (χ4v) is 1.92. The lowest BCUT2D eigenvalue weighted by Gasteiger charge is -2.04. The van der Waals surface area contributed by atoms with E-state index in [1.807, 2.05) is 19.1 Å². The first-order valence-corrected chi connectivity index (χ1v) is 6.13. The fourth-order valence-electron chi connectivity index (χ4n) is 1.38. The Hall–Kier alpha value is -1.75. The summed E-state index contributed by atoms with van der Waals surface area (Å²) in [6.45, 7) is 1.85. The van der Waals surface area contributed by atoms with Gasteiger partial charge < -0.3 is 0 Å². The van der Waals surface area contributed by atoms with Gasteiger partial charge in [0.15, 0.2) is 0 Å². The fraction of sp³-hybridized carbons (Fsp3) is 0.0769. The Balaban J connectivity index is 2.14. The summed E-state index contributed by atoms with van der Waals surface area (Å²) in [7, 11) is 0. The molecule has 0 amide bonds. The van der Waals surface area contributed by atoms with Crippen molar-refractivity contribution < 1.29 is 4.39 Å². The summed E-state index contributed by atoms with van der Waals surface area (Å²) in [4.78, 5) is 4.23. The summed E-state index contributed by atoms with van der Waals surface area (Å²) >= 11 is 3.41. The Labute approximate surface area is 113 Å². The SMILES string of the molecule is CC(=NNc1ccc(F)cc1)c1ncccc1Br. The number of nitrogens with zero attached hydrogens (tertiary/aromatic N) is 2. The van der Waals surface area contributed by atoms with Crippen molar-refractivity contribution in [1.82, 2.24) is 4.98 Å². The third-order valence-corrected chi connectivity index (χ3v) is 2.94. The second kappa shape index (κ2) is 5.73. The van der Waals surface area contributed by atoms with Gasteiger partial charge in [-0.05, 0) is 59.3 Å². The standard InChI is InChI=1S/C13H11BrFN3/c1-9(13-12(14)3-2-8-16-13)17-18-11-6-4-10(15)5-7-11/h2-8,18H,1H3. The minimum absolute atomic E-state index is 0.270. The summed E-state index contributed by atoms with van der Waals surface area (Å²) in [5.41, 5.74) is 5.10. The number of rotatable bonds is 3. The normalized spacial score (nSPS) is 11.4. The lowest BCUT2D eigenvalue weighted by atomic mass is 10.2. The molecule has 0 saturated carbocycles. The van der Waals surface area contributed by atoms with Gasteiger partial charge in [0.25, 0.3) is 0 Å². The van der Waals surface area contributed by atoms with E-state index < -0.39 is 0 Å². The Kier molecular flexibility index (Phi) is 4.04. The smallest absolute Gasteiger partial charge is 0.123 e. The number of anilines is 1. The molecule has 2 aromatic rings. The van der Waals surface area contributed by atoms with Gasteiger partial charge in [0.1, 0.15) is 11.5 Å². The van der Waals surface area contributed by atoms with Crippen molar-refractivity contribution in [2.24, 2.45) is 5.10 Å². The molecule has 1 aromatic heterocycles. The van der Waals surface area contributed by atoms with Gasteiger partial charge in [-0.2, -0.15) is 5.10 Å². The average Bonchev–Trinajstić information content (AvgIpc) is 2.38. The molecule has 18 heavy (non-hydrogen) atoms. The van der Waals surface area contributed by atoms with Gasteiger partial charge in [-0.15, -0.1) is 0 Å². The van der Waals surface area contributed by atoms with Crippen molar-refractivity contribution in [3.05, 3.63) is 58.6 Å². The van der Waals surface area contributed by atoms with Crippen LogP contribution in [0.1, 0.15) is 12.6 Å². The molecule has 1 N–H and O–H groups in total. The largest absolute Gasteiger partial charge is 0.278 e. The van der Waals surface area contributed by atoms with Crippen molar-refractivity contribution in [2.45, 2.75) is 6.92 Å². The van der Waals surface area contributed by atoms with E-state index >= 15 is 0 Å². The quantitative estimate of drug-likeness (QED) is 0.691. The highest BCUT2D eigenvalue weighted by atomic mass is 79.9. The minimum atomic E-state index is -0.270. The molecule has 0 aliphatic heterocycles. The number of hydrogen-bond acceptors (Lipinski definition) is 3. The molecule has 2 rings (SSSR count). The van der Waals surface area contributed by atoms with Crippen LogP contribution in [0.25, 0.3) is 0 Å². The third-order valence-electron chi connectivity index (χ3n) is 2.30. The van der Waals surface area contributed by atoms with Crippen molar-refractivity contribution in [2.75, 3.05) is 5.43 Å². The third kappa shape index (κ3) is 3.13. The van der Waals surface area contributed by atoms with E-state index in [0.29, 0.717) is 0 Å². The Bertz CT molecular complexity index is 567. The zero-order chi connectivity index (χ0) is 13.0. The molecule has 0 fully saturated rings. The second-order valence-corrected chi connectivity index (χ2v) is 4.50. The first-order valence-electron chi connectivity index (χ1n) is 5.33. The van der Waals surface area contributed by atoms with Crippen LogP contribution in [0.15, 0.2) is 52.2 Å². The average molecular weight is 308 g/mol. The van der Waals surface area contributed by atoms with Crippen LogP contribution < -0.4 is 5.43 Å². The van der Waals surface area contributed by atoms with Crippen LogP contribution in [0.4, 0.5) is 10.1 Å². The number of halogens is 2. The van der Waals surface area contributed by atoms with Gasteiger partial charge in [0.2, 0.25) is 0 Å². The van der Waals surface area contributed by atoms with Gasteiger partial charge in [-0.1, -0.05) is 0 Å². The van der Waals surface area contributed by atoms with Gasteiger partial charge in [0, 0.05) is 10.7 Å². The molecule has 1 aromatic carbocycles. The zero-order valence-corrected chi connectivity index (χ0v) is 11.3. The molecule has 3 nitrogen and oxygen atoms in total. The number of benzene rings is 1. The maximum atomic E-state index is 12.7. The molecule has 0 spiro atoms. The van der Waals surface area contributed by atoms with Crippen LogP contribution in [0, 0.1) is 5.82 Å². The van der Waals surface area contributed by atoms with Crippen LogP contribution >= 0.6 is 15.9 Å². The second-order valence-electron chi connectivity index (χ2n) is 3.65. The zero-order valence-electron chi connectivity index (χ0n) is 9.69. The molecule has 0 aliphatic rings. The van der Waals surface area contributed by atoms with Gasteiger partial charge in [0.05, 0.1) is 11.4 Å². The Morgan fingerprint density at radius 2 is 2.00 bits per heavy atom. The van der Waals surface area contributed by atoms with Crippen molar-refractivity contribution in [3.8, 4) is 0 Å².